The molecule has 0 radical (unpaired) electrons. The molecule has 0 saturated carbocycles. The highest BCUT2D eigenvalue weighted by Crippen LogP contribution is 2.37. The zero-order valence-corrected chi connectivity index (χ0v) is 24.7. The molecule has 0 aliphatic carbocycles. The van der Waals surface area contributed by atoms with Crippen molar-refractivity contribution in [3.63, 3.8) is 0 Å². The van der Waals surface area contributed by atoms with Gasteiger partial charge in [-0.2, -0.15) is 4.31 Å². The van der Waals surface area contributed by atoms with Crippen molar-refractivity contribution in [2.45, 2.75) is 60.3 Å². The van der Waals surface area contributed by atoms with Crippen LogP contribution in [0.15, 0.2) is 52.6 Å². The normalized spacial score (nSPS) is 20.5. The molecule has 41 heavy (non-hydrogen) atoms. The highest BCUT2D eigenvalue weighted by atomic mass is 32.2. The minimum atomic E-state index is -3.71. The number of imidazole rings is 1. The number of aliphatic hydroxyl groups excluding tert-OH is 1. The lowest BCUT2D eigenvalue weighted by molar-refractivity contribution is -0.0312. The Morgan fingerprint density at radius 2 is 1.95 bits per heavy atom. The first-order chi connectivity index (χ1) is 19.5. The van der Waals surface area contributed by atoms with Crippen molar-refractivity contribution in [1.82, 2.24) is 28.9 Å². The minimum absolute atomic E-state index is 0.0113. The van der Waals surface area contributed by atoms with E-state index in [2.05, 4.69) is 20.0 Å². The first-order valence-electron chi connectivity index (χ1n) is 13.6. The standard InChI is InChI=1S/C26H36N6O7S2/c1-3-31-18-30-24-12-23(15-29-25(24)31)41(36,37)32-9-7-26(8-10-32)13-19(16-39-26)28-14-20(33)17-38-21-5-4-6-22(11-21)40(34,35)27-2/h4-6,11-12,15,18-20,27-28,33H,3,7-10,13-14,16-17H2,1-2H3. The molecule has 0 bridgehead atoms. The summed E-state index contributed by atoms with van der Waals surface area (Å²) in [5.41, 5.74) is 0.803. The van der Waals surface area contributed by atoms with Crippen LogP contribution < -0.4 is 14.8 Å². The summed E-state index contributed by atoms with van der Waals surface area (Å²) in [5, 5.41) is 13.7. The zero-order chi connectivity index (χ0) is 29.3. The number of pyridine rings is 1. The van der Waals surface area contributed by atoms with Crippen molar-refractivity contribution >= 4 is 31.2 Å². The second-order valence-electron chi connectivity index (χ2n) is 10.4. The van der Waals surface area contributed by atoms with Crippen LogP contribution in [0.1, 0.15) is 26.2 Å². The lowest BCUT2D eigenvalue weighted by Crippen LogP contribution is -2.47. The molecular weight excluding hydrogens is 572 g/mol. The summed E-state index contributed by atoms with van der Waals surface area (Å²) >= 11 is 0. The van der Waals surface area contributed by atoms with Crippen LogP contribution in [0, 0.1) is 0 Å². The summed E-state index contributed by atoms with van der Waals surface area (Å²) in [6.45, 7) is 4.08. The molecule has 2 unspecified atom stereocenters. The molecule has 13 nitrogen and oxygen atoms in total. The Balaban J connectivity index is 1.09. The maximum absolute atomic E-state index is 13.3. The van der Waals surface area contributed by atoms with Gasteiger partial charge >= 0.3 is 0 Å². The number of ether oxygens (including phenoxy) is 2. The summed E-state index contributed by atoms with van der Waals surface area (Å²) in [6.07, 6.45) is 4.09. The quantitative estimate of drug-likeness (QED) is 0.282. The smallest absolute Gasteiger partial charge is 0.244 e. The summed E-state index contributed by atoms with van der Waals surface area (Å²) in [5.74, 6) is 0.344. The van der Waals surface area contributed by atoms with Crippen LogP contribution >= 0.6 is 0 Å². The van der Waals surface area contributed by atoms with Crippen LogP contribution in [0.4, 0.5) is 0 Å². The Bertz CT molecular complexity index is 1590. The number of piperidine rings is 1. The van der Waals surface area contributed by atoms with Gasteiger partial charge < -0.3 is 24.5 Å². The molecule has 2 fully saturated rings. The Kier molecular flexibility index (Phi) is 8.66. The van der Waals surface area contributed by atoms with Crippen molar-refractivity contribution in [1.29, 1.82) is 0 Å². The number of fused-ring (bicyclic) bond motifs is 1. The molecule has 15 heteroatoms. The molecule has 224 valence electrons. The van der Waals surface area contributed by atoms with Crippen LogP contribution in [0.3, 0.4) is 0 Å². The Morgan fingerprint density at radius 1 is 1.17 bits per heavy atom. The monoisotopic (exact) mass is 608 g/mol. The number of nitrogens with zero attached hydrogens (tertiary/aromatic N) is 4. The van der Waals surface area contributed by atoms with Crippen LogP contribution in [-0.2, 0) is 31.3 Å². The molecule has 3 aromatic rings. The van der Waals surface area contributed by atoms with Gasteiger partial charge in [-0.1, -0.05) is 6.07 Å². The first-order valence-corrected chi connectivity index (χ1v) is 16.5. The number of nitrogens with one attached hydrogen (secondary N) is 2. The van der Waals surface area contributed by atoms with Crippen LogP contribution in [0.2, 0.25) is 0 Å². The Labute approximate surface area is 240 Å². The number of aryl methyl sites for hydroxylation is 1. The van der Waals surface area contributed by atoms with E-state index in [9.17, 15) is 21.9 Å². The molecule has 2 aromatic heterocycles. The van der Waals surface area contributed by atoms with Crippen LogP contribution in [0.25, 0.3) is 11.2 Å². The van der Waals surface area contributed by atoms with E-state index in [0.29, 0.717) is 62.4 Å². The third-order valence-electron chi connectivity index (χ3n) is 7.72. The van der Waals surface area contributed by atoms with Gasteiger partial charge in [0.2, 0.25) is 20.0 Å². The predicted octanol–water partition coefficient (Wildman–Crippen LogP) is 0.701. The maximum atomic E-state index is 13.3. The van der Waals surface area contributed by atoms with Gasteiger partial charge in [0.1, 0.15) is 28.9 Å². The van der Waals surface area contributed by atoms with E-state index in [1.807, 2.05) is 11.5 Å². The maximum Gasteiger partial charge on any atom is 0.244 e. The van der Waals surface area contributed by atoms with Gasteiger partial charge in [-0.25, -0.2) is 31.5 Å². The third kappa shape index (κ3) is 6.40. The minimum Gasteiger partial charge on any atom is -0.491 e. The highest BCUT2D eigenvalue weighted by molar-refractivity contribution is 7.89. The van der Waals surface area contributed by atoms with Crippen LogP contribution in [0.5, 0.6) is 5.75 Å². The fraction of sp³-hybridized carbons (Fsp3) is 0.538. The fourth-order valence-corrected chi connectivity index (χ4v) is 7.49. The van der Waals surface area contributed by atoms with E-state index in [0.717, 1.165) is 0 Å². The Hall–Kier alpha value is -2.66. The average molecular weight is 609 g/mol. The van der Waals surface area contributed by atoms with Gasteiger partial charge in [0.25, 0.3) is 0 Å². The number of rotatable bonds is 11. The van der Waals surface area contributed by atoms with Gasteiger partial charge in [0, 0.05) is 44.5 Å². The van der Waals surface area contributed by atoms with E-state index in [1.165, 1.54) is 29.7 Å². The van der Waals surface area contributed by atoms with E-state index in [1.54, 1.807) is 24.5 Å². The highest BCUT2D eigenvalue weighted by Gasteiger charge is 2.44. The molecule has 2 aliphatic heterocycles. The zero-order valence-electron chi connectivity index (χ0n) is 23.1. The molecule has 4 heterocycles. The SMILES string of the molecule is CCn1cnc2cc(S(=O)(=O)N3CCC4(CC3)CC(NCC(O)COc3cccc(S(=O)(=O)NC)c3)CO4)cnc21. The molecule has 1 aromatic carbocycles. The van der Waals surface area contributed by atoms with E-state index in [4.69, 9.17) is 9.47 Å². The van der Waals surface area contributed by atoms with E-state index >= 15 is 0 Å². The lowest BCUT2D eigenvalue weighted by atomic mass is 9.88. The van der Waals surface area contributed by atoms with Gasteiger partial charge in [-0.15, -0.1) is 0 Å². The number of hydrogen-bond acceptors (Lipinski definition) is 10. The second-order valence-corrected chi connectivity index (χ2v) is 14.2. The predicted molar refractivity (Wildman–Crippen MR) is 150 cm³/mol. The van der Waals surface area contributed by atoms with Crippen molar-refractivity contribution in [3.05, 3.63) is 42.9 Å². The summed E-state index contributed by atoms with van der Waals surface area (Å²) in [7, 11) is -5.96. The largest absolute Gasteiger partial charge is 0.491 e. The molecule has 5 rings (SSSR count). The third-order valence-corrected chi connectivity index (χ3v) is 11.0. The van der Waals surface area contributed by atoms with Crippen molar-refractivity contribution in [3.8, 4) is 5.75 Å². The molecule has 2 aliphatic rings. The number of aliphatic hydroxyl groups is 1. The molecule has 0 amide bonds. The molecule has 2 saturated heterocycles. The molecular formula is C26H36N6O7S2. The average Bonchev–Trinajstić information content (AvgIpc) is 3.58. The van der Waals surface area contributed by atoms with Gasteiger partial charge in [0.15, 0.2) is 5.65 Å². The van der Waals surface area contributed by atoms with Crippen molar-refractivity contribution in [2.24, 2.45) is 0 Å². The number of hydrogen-bond donors (Lipinski definition) is 3. The topological polar surface area (TPSA) is 165 Å². The molecule has 2 atom stereocenters. The van der Waals surface area contributed by atoms with Gasteiger partial charge in [0.05, 0.1) is 23.4 Å². The van der Waals surface area contributed by atoms with Gasteiger partial charge in [-0.05, 0) is 51.4 Å². The lowest BCUT2D eigenvalue weighted by Gasteiger charge is -2.38. The van der Waals surface area contributed by atoms with E-state index < -0.39 is 31.8 Å². The van der Waals surface area contributed by atoms with Crippen molar-refractivity contribution in [2.75, 3.05) is 39.9 Å². The number of benzene rings is 1. The van der Waals surface area contributed by atoms with Crippen molar-refractivity contribution < 1.29 is 31.4 Å². The van der Waals surface area contributed by atoms with Crippen LogP contribution in [-0.4, -0.2) is 98.4 Å². The molecule has 3 N–H and O–H groups in total. The molecule has 1 spiro atoms. The Morgan fingerprint density at radius 3 is 2.68 bits per heavy atom. The number of aromatic nitrogens is 3. The fourth-order valence-electron chi connectivity index (χ4n) is 5.31. The second kappa shape index (κ2) is 11.9. The summed E-state index contributed by atoms with van der Waals surface area (Å²) < 4.78 is 68.0. The van der Waals surface area contributed by atoms with Gasteiger partial charge in [-0.3, -0.25) is 0 Å². The summed E-state index contributed by atoms with van der Waals surface area (Å²) in [6, 6.07) is 7.67. The first kappa shape index (κ1) is 29.8. The van der Waals surface area contributed by atoms with E-state index in [-0.39, 0.29) is 29.0 Å². The summed E-state index contributed by atoms with van der Waals surface area (Å²) in [4.78, 5) is 8.85. The number of sulfonamides is 2.